The standard InChI is InChI=1S/C11H10Cl2O/c1-11(5-6-11)10(14)7-3-2-4-8(12)9(7)13/h2-4H,5-6H2,1H3. The number of halogens is 2. The quantitative estimate of drug-likeness (QED) is 0.701. The van der Waals surface area contributed by atoms with Crippen LogP contribution in [0, 0.1) is 5.41 Å². The van der Waals surface area contributed by atoms with E-state index in [2.05, 4.69) is 0 Å². The van der Waals surface area contributed by atoms with Crippen molar-refractivity contribution in [1.29, 1.82) is 0 Å². The first-order valence-corrected chi connectivity index (χ1v) is 5.29. The van der Waals surface area contributed by atoms with Gasteiger partial charge in [-0.15, -0.1) is 0 Å². The maximum absolute atomic E-state index is 12.0. The Bertz CT molecular complexity index is 394. The van der Waals surface area contributed by atoms with E-state index in [-0.39, 0.29) is 11.2 Å². The van der Waals surface area contributed by atoms with E-state index in [1.165, 1.54) is 0 Å². The summed E-state index contributed by atoms with van der Waals surface area (Å²) in [5, 5.41) is 0.828. The van der Waals surface area contributed by atoms with Gasteiger partial charge in [0.1, 0.15) is 0 Å². The Hall–Kier alpha value is -0.530. The van der Waals surface area contributed by atoms with E-state index in [9.17, 15) is 4.79 Å². The predicted octanol–water partition coefficient (Wildman–Crippen LogP) is 3.98. The van der Waals surface area contributed by atoms with E-state index >= 15 is 0 Å². The molecule has 1 aliphatic carbocycles. The van der Waals surface area contributed by atoms with Crippen molar-refractivity contribution in [2.24, 2.45) is 5.41 Å². The normalized spacial score (nSPS) is 17.9. The largest absolute Gasteiger partial charge is 0.294 e. The molecule has 0 atom stereocenters. The van der Waals surface area contributed by atoms with E-state index in [4.69, 9.17) is 23.2 Å². The van der Waals surface area contributed by atoms with E-state index < -0.39 is 0 Å². The molecule has 1 nitrogen and oxygen atoms in total. The summed E-state index contributed by atoms with van der Waals surface area (Å²) >= 11 is 11.8. The Morgan fingerprint density at radius 1 is 1.36 bits per heavy atom. The number of rotatable bonds is 2. The monoisotopic (exact) mass is 228 g/mol. The van der Waals surface area contributed by atoms with Gasteiger partial charge in [-0.3, -0.25) is 4.79 Å². The summed E-state index contributed by atoms with van der Waals surface area (Å²) in [5.74, 6) is 0.116. The van der Waals surface area contributed by atoms with Crippen molar-refractivity contribution in [1.82, 2.24) is 0 Å². The third kappa shape index (κ3) is 1.55. The van der Waals surface area contributed by atoms with Crippen LogP contribution in [-0.4, -0.2) is 5.78 Å². The van der Waals surface area contributed by atoms with Crippen LogP contribution in [0.1, 0.15) is 30.1 Å². The second-order valence-electron chi connectivity index (χ2n) is 3.99. The van der Waals surface area contributed by atoms with Gasteiger partial charge in [0.25, 0.3) is 0 Å². The van der Waals surface area contributed by atoms with Crippen molar-refractivity contribution in [3.05, 3.63) is 33.8 Å². The topological polar surface area (TPSA) is 17.1 Å². The molecule has 0 heterocycles. The smallest absolute Gasteiger partial charge is 0.170 e. The van der Waals surface area contributed by atoms with Gasteiger partial charge in [-0.1, -0.05) is 36.2 Å². The Kier molecular flexibility index (Phi) is 2.32. The molecule has 0 spiro atoms. The number of benzene rings is 1. The Morgan fingerprint density at radius 2 is 2.00 bits per heavy atom. The van der Waals surface area contributed by atoms with Crippen molar-refractivity contribution in [3.63, 3.8) is 0 Å². The van der Waals surface area contributed by atoms with Crippen LogP contribution in [-0.2, 0) is 0 Å². The molecule has 1 saturated carbocycles. The lowest BCUT2D eigenvalue weighted by atomic mass is 9.97. The number of carbonyl (C=O) groups excluding carboxylic acids is 1. The summed E-state index contributed by atoms with van der Waals surface area (Å²) in [4.78, 5) is 12.0. The van der Waals surface area contributed by atoms with Crippen LogP contribution in [0.15, 0.2) is 18.2 Å². The van der Waals surface area contributed by atoms with Crippen molar-refractivity contribution >= 4 is 29.0 Å². The molecule has 1 aromatic rings. The maximum Gasteiger partial charge on any atom is 0.170 e. The van der Waals surface area contributed by atoms with Crippen LogP contribution in [0.4, 0.5) is 0 Å². The molecule has 0 saturated heterocycles. The number of hydrogen-bond acceptors (Lipinski definition) is 1. The minimum absolute atomic E-state index is 0.116. The second kappa shape index (κ2) is 3.25. The van der Waals surface area contributed by atoms with E-state index in [0.29, 0.717) is 15.6 Å². The highest BCUT2D eigenvalue weighted by Gasteiger charge is 2.45. The van der Waals surface area contributed by atoms with E-state index in [0.717, 1.165) is 12.8 Å². The number of hydrogen-bond donors (Lipinski definition) is 0. The molecule has 0 bridgehead atoms. The van der Waals surface area contributed by atoms with Gasteiger partial charge in [0.15, 0.2) is 5.78 Å². The molecule has 0 N–H and O–H groups in total. The van der Waals surface area contributed by atoms with Gasteiger partial charge < -0.3 is 0 Å². The Labute approximate surface area is 93.0 Å². The van der Waals surface area contributed by atoms with Crippen molar-refractivity contribution in [3.8, 4) is 0 Å². The fourth-order valence-electron chi connectivity index (χ4n) is 1.42. The minimum atomic E-state index is -0.186. The maximum atomic E-state index is 12.0. The zero-order valence-electron chi connectivity index (χ0n) is 7.81. The minimum Gasteiger partial charge on any atom is -0.294 e. The van der Waals surface area contributed by atoms with Crippen LogP contribution in [0.3, 0.4) is 0 Å². The molecule has 14 heavy (non-hydrogen) atoms. The first-order chi connectivity index (χ1) is 6.54. The fraction of sp³-hybridized carbons (Fsp3) is 0.364. The summed E-state index contributed by atoms with van der Waals surface area (Å²) < 4.78 is 0. The van der Waals surface area contributed by atoms with Crippen LogP contribution < -0.4 is 0 Å². The van der Waals surface area contributed by atoms with Crippen molar-refractivity contribution < 1.29 is 4.79 Å². The molecule has 0 aliphatic heterocycles. The Balaban J connectivity index is 2.41. The average Bonchev–Trinajstić information content (AvgIpc) is 2.89. The van der Waals surface area contributed by atoms with Gasteiger partial charge >= 0.3 is 0 Å². The lowest BCUT2D eigenvalue weighted by molar-refractivity contribution is 0.0912. The zero-order valence-corrected chi connectivity index (χ0v) is 9.32. The third-order valence-corrected chi connectivity index (χ3v) is 3.56. The molecule has 2 rings (SSSR count). The molecule has 1 fully saturated rings. The molecule has 1 aliphatic rings. The van der Waals surface area contributed by atoms with Gasteiger partial charge in [0.05, 0.1) is 10.0 Å². The van der Waals surface area contributed by atoms with E-state index in [1.54, 1.807) is 18.2 Å². The SMILES string of the molecule is CC1(C(=O)c2cccc(Cl)c2Cl)CC1. The van der Waals surface area contributed by atoms with Gasteiger partial charge in [-0.05, 0) is 25.0 Å². The number of Topliss-reactive ketones (excluding diaryl/α,β-unsaturated/α-hetero) is 1. The molecular weight excluding hydrogens is 219 g/mol. The molecule has 1 aromatic carbocycles. The van der Waals surface area contributed by atoms with Crippen molar-refractivity contribution in [2.75, 3.05) is 0 Å². The highest BCUT2D eigenvalue weighted by atomic mass is 35.5. The summed E-state index contributed by atoms with van der Waals surface area (Å²) in [5.41, 5.74) is 0.369. The summed E-state index contributed by atoms with van der Waals surface area (Å²) in [7, 11) is 0. The zero-order chi connectivity index (χ0) is 10.3. The first-order valence-electron chi connectivity index (χ1n) is 4.53. The lowest BCUT2D eigenvalue weighted by Crippen LogP contribution is -2.12. The van der Waals surface area contributed by atoms with Gasteiger partial charge in [-0.2, -0.15) is 0 Å². The van der Waals surface area contributed by atoms with Gasteiger partial charge in [0.2, 0.25) is 0 Å². The molecule has 0 unspecified atom stereocenters. The Morgan fingerprint density at radius 3 is 2.57 bits per heavy atom. The fourth-order valence-corrected chi connectivity index (χ4v) is 1.81. The molecule has 0 aromatic heterocycles. The molecule has 74 valence electrons. The van der Waals surface area contributed by atoms with Crippen LogP contribution in [0.5, 0.6) is 0 Å². The molecule has 0 amide bonds. The summed E-state index contributed by atoms with van der Waals surface area (Å²) in [6.45, 7) is 1.96. The summed E-state index contributed by atoms with van der Waals surface area (Å²) in [6, 6.07) is 5.18. The van der Waals surface area contributed by atoms with Gasteiger partial charge in [-0.25, -0.2) is 0 Å². The molecule has 3 heteroatoms. The highest BCUT2D eigenvalue weighted by molar-refractivity contribution is 6.44. The second-order valence-corrected chi connectivity index (χ2v) is 4.78. The van der Waals surface area contributed by atoms with Gasteiger partial charge in [0, 0.05) is 11.0 Å². The van der Waals surface area contributed by atoms with Crippen molar-refractivity contribution in [2.45, 2.75) is 19.8 Å². The number of ketones is 1. The molecular formula is C11H10Cl2O. The molecule has 0 radical (unpaired) electrons. The van der Waals surface area contributed by atoms with Crippen LogP contribution in [0.2, 0.25) is 10.0 Å². The average molecular weight is 229 g/mol. The predicted molar refractivity (Wildman–Crippen MR) is 58.1 cm³/mol. The lowest BCUT2D eigenvalue weighted by Gasteiger charge is -2.09. The third-order valence-electron chi connectivity index (χ3n) is 2.74. The first kappa shape index (κ1) is 10.0. The highest BCUT2D eigenvalue weighted by Crippen LogP contribution is 2.48. The summed E-state index contributed by atoms with van der Waals surface area (Å²) in [6.07, 6.45) is 1.91. The number of carbonyl (C=O) groups is 1. The van der Waals surface area contributed by atoms with Crippen LogP contribution in [0.25, 0.3) is 0 Å². The van der Waals surface area contributed by atoms with Crippen LogP contribution >= 0.6 is 23.2 Å². The van der Waals surface area contributed by atoms with E-state index in [1.807, 2.05) is 6.92 Å².